The van der Waals surface area contributed by atoms with Crippen molar-refractivity contribution in [3.05, 3.63) is 53.6 Å². The third kappa shape index (κ3) is 5.75. The van der Waals surface area contributed by atoms with Gasteiger partial charge in [-0.25, -0.2) is 0 Å². The molecule has 0 saturated carbocycles. The number of rotatable bonds is 8. The van der Waals surface area contributed by atoms with Gasteiger partial charge in [0.1, 0.15) is 5.75 Å². The van der Waals surface area contributed by atoms with Gasteiger partial charge in [-0.15, -0.1) is 0 Å². The van der Waals surface area contributed by atoms with E-state index in [1.165, 1.54) is 12.1 Å². The molecule has 28 heavy (non-hydrogen) atoms. The predicted molar refractivity (Wildman–Crippen MR) is 103 cm³/mol. The minimum absolute atomic E-state index is 0.116. The lowest BCUT2D eigenvalue weighted by molar-refractivity contribution is -0.139. The lowest BCUT2D eigenvalue weighted by Crippen LogP contribution is -2.13. The van der Waals surface area contributed by atoms with Gasteiger partial charge in [0, 0.05) is 0 Å². The molecular formula is C22H25F3O3. The van der Waals surface area contributed by atoms with Crippen LogP contribution in [0, 0.1) is 0 Å². The van der Waals surface area contributed by atoms with Crippen molar-refractivity contribution in [1.29, 1.82) is 0 Å². The molecule has 6 heteroatoms. The van der Waals surface area contributed by atoms with Crippen LogP contribution >= 0.6 is 0 Å². The zero-order chi connectivity index (χ0) is 20.9. The minimum atomic E-state index is -4.40. The van der Waals surface area contributed by atoms with Crippen LogP contribution in [0.1, 0.15) is 57.1 Å². The van der Waals surface area contributed by atoms with Crippen LogP contribution < -0.4 is 4.74 Å². The molecule has 0 spiro atoms. The average Bonchev–Trinajstić information content (AvgIpc) is 2.60. The van der Waals surface area contributed by atoms with Gasteiger partial charge in [-0.1, -0.05) is 38.0 Å². The maximum atomic E-state index is 12.8. The lowest BCUT2D eigenvalue weighted by atomic mass is 9.90. The van der Waals surface area contributed by atoms with Crippen LogP contribution in [0.5, 0.6) is 5.75 Å². The van der Waals surface area contributed by atoms with Crippen LogP contribution in [-0.2, 0) is 11.0 Å². The van der Waals surface area contributed by atoms with Crippen molar-refractivity contribution in [3.63, 3.8) is 0 Å². The van der Waals surface area contributed by atoms with Crippen molar-refractivity contribution in [1.82, 2.24) is 0 Å². The highest BCUT2D eigenvalue weighted by Gasteiger charge is 2.30. The number of hydrogen-bond acceptors (Lipinski definition) is 2. The van der Waals surface area contributed by atoms with E-state index in [4.69, 9.17) is 4.74 Å². The van der Waals surface area contributed by atoms with Gasteiger partial charge in [0.2, 0.25) is 0 Å². The van der Waals surface area contributed by atoms with Gasteiger partial charge in [0.15, 0.2) is 0 Å². The van der Waals surface area contributed by atoms with E-state index >= 15 is 0 Å². The zero-order valence-corrected chi connectivity index (χ0v) is 16.2. The normalized spacial score (nSPS) is 12.8. The van der Waals surface area contributed by atoms with Crippen molar-refractivity contribution < 1.29 is 27.8 Å². The molecular weight excluding hydrogens is 369 g/mol. The molecule has 0 saturated heterocycles. The SMILES string of the molecule is CCCCC(C(=O)O)c1cc(OC(C)C)cc(-c2ccc(C(F)(F)F)cc2)c1. The molecule has 2 rings (SSSR count). The second-order valence-corrected chi connectivity index (χ2v) is 7.07. The number of halogens is 3. The summed E-state index contributed by atoms with van der Waals surface area (Å²) in [6.45, 7) is 5.71. The molecule has 0 aromatic heterocycles. The summed E-state index contributed by atoms with van der Waals surface area (Å²) in [5.41, 5.74) is 1.07. The summed E-state index contributed by atoms with van der Waals surface area (Å²) in [4.78, 5) is 11.8. The molecule has 0 aliphatic carbocycles. The van der Waals surface area contributed by atoms with Gasteiger partial charge in [-0.3, -0.25) is 4.79 Å². The zero-order valence-electron chi connectivity index (χ0n) is 16.2. The second-order valence-electron chi connectivity index (χ2n) is 7.07. The first-order valence-electron chi connectivity index (χ1n) is 9.34. The standard InChI is InChI=1S/C22H25F3O3/c1-4-5-6-20(21(26)27)17-11-16(12-19(13-17)28-14(2)3)15-7-9-18(10-8-15)22(23,24)25/h7-14,20H,4-6H2,1-3H3,(H,26,27). The Balaban J connectivity index is 2.49. The molecule has 0 amide bonds. The third-order valence-electron chi connectivity index (χ3n) is 4.39. The van der Waals surface area contributed by atoms with E-state index in [9.17, 15) is 23.1 Å². The van der Waals surface area contributed by atoms with Crippen LogP contribution in [-0.4, -0.2) is 17.2 Å². The van der Waals surface area contributed by atoms with Crippen molar-refractivity contribution in [2.24, 2.45) is 0 Å². The molecule has 0 radical (unpaired) electrons. The summed E-state index contributed by atoms with van der Waals surface area (Å²) in [6.07, 6.45) is -2.39. The van der Waals surface area contributed by atoms with E-state index in [-0.39, 0.29) is 6.10 Å². The molecule has 0 bridgehead atoms. The molecule has 3 nitrogen and oxygen atoms in total. The van der Waals surface area contributed by atoms with Gasteiger partial charge in [-0.2, -0.15) is 13.2 Å². The van der Waals surface area contributed by atoms with Crippen LogP contribution in [0.25, 0.3) is 11.1 Å². The number of aliphatic carboxylic acids is 1. The van der Waals surface area contributed by atoms with Crippen LogP contribution in [0.3, 0.4) is 0 Å². The van der Waals surface area contributed by atoms with E-state index in [2.05, 4.69) is 0 Å². The topological polar surface area (TPSA) is 46.5 Å². The Kier molecular flexibility index (Phi) is 7.11. The van der Waals surface area contributed by atoms with E-state index in [0.717, 1.165) is 25.0 Å². The summed E-state index contributed by atoms with van der Waals surface area (Å²) in [5.74, 6) is -1.11. The highest BCUT2D eigenvalue weighted by atomic mass is 19.4. The molecule has 152 valence electrons. The van der Waals surface area contributed by atoms with Gasteiger partial charge in [-0.05, 0) is 61.2 Å². The van der Waals surface area contributed by atoms with Crippen LogP contribution in [0.4, 0.5) is 13.2 Å². The molecule has 2 aromatic carbocycles. The summed E-state index contributed by atoms with van der Waals surface area (Å²) in [6, 6.07) is 10.00. The number of carbonyl (C=O) groups is 1. The van der Waals surface area contributed by atoms with Gasteiger partial charge in [0.05, 0.1) is 17.6 Å². The Morgan fingerprint density at radius 1 is 1.07 bits per heavy atom. The maximum Gasteiger partial charge on any atom is 0.416 e. The van der Waals surface area contributed by atoms with Crippen molar-refractivity contribution in [2.45, 2.75) is 58.2 Å². The fraction of sp³-hybridized carbons (Fsp3) is 0.409. The number of carboxylic acids is 1. The number of ether oxygens (including phenoxy) is 1. The van der Waals surface area contributed by atoms with E-state index < -0.39 is 23.6 Å². The van der Waals surface area contributed by atoms with Crippen molar-refractivity contribution in [2.75, 3.05) is 0 Å². The monoisotopic (exact) mass is 394 g/mol. The quantitative estimate of drug-likeness (QED) is 0.554. The van der Waals surface area contributed by atoms with Gasteiger partial charge in [0.25, 0.3) is 0 Å². The Morgan fingerprint density at radius 3 is 2.21 bits per heavy atom. The second kappa shape index (κ2) is 9.13. The van der Waals surface area contributed by atoms with Gasteiger partial charge < -0.3 is 9.84 Å². The first kappa shape index (κ1) is 21.8. The molecule has 1 unspecified atom stereocenters. The minimum Gasteiger partial charge on any atom is -0.491 e. The fourth-order valence-corrected chi connectivity index (χ4v) is 3.02. The average molecular weight is 394 g/mol. The van der Waals surface area contributed by atoms with Crippen molar-refractivity contribution in [3.8, 4) is 16.9 Å². The highest BCUT2D eigenvalue weighted by Crippen LogP contribution is 2.34. The predicted octanol–water partition coefficient (Wildman–Crippen LogP) is 6.52. The number of carboxylic acid groups (broad SMARTS) is 1. The van der Waals surface area contributed by atoms with E-state index in [0.29, 0.717) is 28.9 Å². The first-order chi connectivity index (χ1) is 13.1. The molecule has 0 aliphatic rings. The Bertz CT molecular complexity index is 796. The third-order valence-corrected chi connectivity index (χ3v) is 4.39. The summed E-state index contributed by atoms with van der Waals surface area (Å²) in [5, 5.41) is 9.65. The largest absolute Gasteiger partial charge is 0.491 e. The summed E-state index contributed by atoms with van der Waals surface area (Å²) in [7, 11) is 0. The van der Waals surface area contributed by atoms with Crippen LogP contribution in [0.15, 0.2) is 42.5 Å². The first-order valence-corrected chi connectivity index (χ1v) is 9.34. The number of alkyl halides is 3. The van der Waals surface area contributed by atoms with Crippen molar-refractivity contribution >= 4 is 5.97 Å². The molecule has 0 fully saturated rings. The highest BCUT2D eigenvalue weighted by molar-refractivity contribution is 5.78. The summed E-state index contributed by atoms with van der Waals surface area (Å²) < 4.78 is 44.2. The van der Waals surface area contributed by atoms with Crippen LogP contribution in [0.2, 0.25) is 0 Å². The van der Waals surface area contributed by atoms with E-state index in [1.807, 2.05) is 20.8 Å². The molecule has 1 N–H and O–H groups in total. The molecule has 1 atom stereocenters. The molecule has 0 aliphatic heterocycles. The number of unbranched alkanes of at least 4 members (excludes halogenated alkanes) is 1. The summed E-state index contributed by atoms with van der Waals surface area (Å²) >= 11 is 0. The van der Waals surface area contributed by atoms with Gasteiger partial charge >= 0.3 is 12.1 Å². The van der Waals surface area contributed by atoms with E-state index in [1.54, 1.807) is 18.2 Å². The molecule has 0 heterocycles. The Labute approximate surface area is 163 Å². The smallest absolute Gasteiger partial charge is 0.416 e. The Hall–Kier alpha value is -2.50. The molecule has 2 aromatic rings. The maximum absolute atomic E-state index is 12.8. The lowest BCUT2D eigenvalue weighted by Gasteiger charge is -2.18. The number of benzene rings is 2. The number of hydrogen-bond donors (Lipinski definition) is 1. The Morgan fingerprint density at radius 2 is 1.71 bits per heavy atom. The fourth-order valence-electron chi connectivity index (χ4n) is 3.02.